The van der Waals surface area contributed by atoms with Gasteiger partial charge in [0.1, 0.15) is 9.22 Å². The van der Waals surface area contributed by atoms with Gasteiger partial charge in [0.2, 0.25) is 0 Å². The fourth-order valence-electron chi connectivity index (χ4n) is 1.16. The van der Waals surface area contributed by atoms with Crippen LogP contribution in [0.4, 0.5) is 0 Å². The number of halogens is 1. The van der Waals surface area contributed by atoms with Crippen molar-refractivity contribution in [3.05, 3.63) is 15.6 Å². The van der Waals surface area contributed by atoms with E-state index < -0.39 is 0 Å². The first-order chi connectivity index (χ1) is 5.68. The van der Waals surface area contributed by atoms with Crippen LogP contribution in [0, 0.1) is 10.6 Å². The molecule has 4 nitrogen and oxygen atoms in total. The SMILES string of the molecule is Cc1nn(C)c2ncc(I)nc12. The van der Waals surface area contributed by atoms with Crippen LogP contribution < -0.4 is 0 Å². The smallest absolute Gasteiger partial charge is 0.176 e. The van der Waals surface area contributed by atoms with Gasteiger partial charge in [-0.15, -0.1) is 0 Å². The van der Waals surface area contributed by atoms with E-state index in [1.807, 2.05) is 14.0 Å². The number of aromatic nitrogens is 4. The van der Waals surface area contributed by atoms with E-state index in [0.717, 1.165) is 20.6 Å². The van der Waals surface area contributed by atoms with Crippen molar-refractivity contribution >= 4 is 33.8 Å². The van der Waals surface area contributed by atoms with Crippen molar-refractivity contribution in [1.29, 1.82) is 0 Å². The lowest BCUT2D eigenvalue weighted by atomic mass is 10.4. The van der Waals surface area contributed by atoms with Crippen LogP contribution in [0.25, 0.3) is 11.2 Å². The number of rotatable bonds is 0. The zero-order valence-corrected chi connectivity index (χ0v) is 8.90. The van der Waals surface area contributed by atoms with Crippen molar-refractivity contribution in [3.8, 4) is 0 Å². The standard InChI is InChI=1S/C7H7IN4/c1-4-6-7(12(2)11-4)9-3-5(8)10-6/h3H,1-2H3. The Hall–Kier alpha value is -0.720. The lowest BCUT2D eigenvalue weighted by molar-refractivity contribution is 0.773. The largest absolute Gasteiger partial charge is 0.249 e. The molecular formula is C7H7IN4. The van der Waals surface area contributed by atoms with Gasteiger partial charge in [0.15, 0.2) is 5.65 Å². The van der Waals surface area contributed by atoms with E-state index in [1.54, 1.807) is 10.9 Å². The van der Waals surface area contributed by atoms with Gasteiger partial charge in [0.25, 0.3) is 0 Å². The van der Waals surface area contributed by atoms with Crippen molar-refractivity contribution in [1.82, 2.24) is 19.7 Å². The van der Waals surface area contributed by atoms with Crippen LogP contribution in [0.15, 0.2) is 6.20 Å². The van der Waals surface area contributed by atoms with Crippen LogP contribution in [-0.2, 0) is 7.05 Å². The summed E-state index contributed by atoms with van der Waals surface area (Å²) >= 11 is 2.14. The summed E-state index contributed by atoms with van der Waals surface area (Å²) in [4.78, 5) is 8.57. The van der Waals surface area contributed by atoms with E-state index >= 15 is 0 Å². The molecule has 2 rings (SSSR count). The Balaban J connectivity index is 2.90. The number of hydrogen-bond acceptors (Lipinski definition) is 3. The predicted molar refractivity (Wildman–Crippen MR) is 53.8 cm³/mol. The van der Waals surface area contributed by atoms with Crippen LogP contribution in [0.5, 0.6) is 0 Å². The molecule has 0 saturated heterocycles. The topological polar surface area (TPSA) is 43.6 Å². The lowest BCUT2D eigenvalue weighted by Gasteiger charge is -1.91. The molecule has 0 radical (unpaired) electrons. The predicted octanol–water partition coefficient (Wildman–Crippen LogP) is 1.28. The summed E-state index contributed by atoms with van der Waals surface area (Å²) in [6.45, 7) is 1.94. The molecule has 0 aliphatic rings. The Morgan fingerprint density at radius 1 is 1.50 bits per heavy atom. The Morgan fingerprint density at radius 3 is 3.00 bits per heavy atom. The zero-order chi connectivity index (χ0) is 8.72. The fourth-order valence-corrected chi connectivity index (χ4v) is 1.54. The minimum atomic E-state index is 0.841. The molecule has 62 valence electrons. The summed E-state index contributed by atoms with van der Waals surface area (Å²) in [6.07, 6.45) is 1.74. The lowest BCUT2D eigenvalue weighted by Crippen LogP contribution is -1.92. The van der Waals surface area contributed by atoms with E-state index in [9.17, 15) is 0 Å². The summed E-state index contributed by atoms with van der Waals surface area (Å²) in [5.41, 5.74) is 2.66. The van der Waals surface area contributed by atoms with Gasteiger partial charge in [-0.3, -0.25) is 0 Å². The van der Waals surface area contributed by atoms with Crippen molar-refractivity contribution in [2.75, 3.05) is 0 Å². The van der Waals surface area contributed by atoms with Crippen LogP contribution in [-0.4, -0.2) is 19.7 Å². The van der Waals surface area contributed by atoms with Crippen molar-refractivity contribution in [2.24, 2.45) is 7.05 Å². The zero-order valence-electron chi connectivity index (χ0n) is 6.74. The first-order valence-corrected chi connectivity index (χ1v) is 4.58. The Bertz CT molecular complexity index is 434. The summed E-state index contributed by atoms with van der Waals surface area (Å²) in [6, 6.07) is 0. The summed E-state index contributed by atoms with van der Waals surface area (Å²) in [7, 11) is 1.87. The van der Waals surface area contributed by atoms with Crippen molar-refractivity contribution in [2.45, 2.75) is 6.92 Å². The van der Waals surface area contributed by atoms with E-state index in [-0.39, 0.29) is 0 Å². The molecule has 2 heterocycles. The van der Waals surface area contributed by atoms with Gasteiger partial charge in [-0.25, -0.2) is 14.6 Å². The first-order valence-electron chi connectivity index (χ1n) is 3.50. The average molecular weight is 274 g/mol. The molecule has 0 saturated carbocycles. The molecule has 0 atom stereocenters. The molecule has 0 aliphatic heterocycles. The van der Waals surface area contributed by atoms with Crippen LogP contribution in [0.2, 0.25) is 0 Å². The molecular weight excluding hydrogens is 267 g/mol. The molecule has 0 N–H and O–H groups in total. The Morgan fingerprint density at radius 2 is 2.25 bits per heavy atom. The molecule has 0 unspecified atom stereocenters. The Labute approximate surface area is 83.2 Å². The van der Waals surface area contributed by atoms with Gasteiger partial charge < -0.3 is 0 Å². The van der Waals surface area contributed by atoms with Gasteiger partial charge >= 0.3 is 0 Å². The molecule has 0 amide bonds. The first kappa shape index (κ1) is 7.90. The molecule has 0 aromatic carbocycles. The van der Waals surface area contributed by atoms with E-state index in [0.29, 0.717) is 0 Å². The van der Waals surface area contributed by atoms with Gasteiger partial charge in [-0.05, 0) is 29.5 Å². The summed E-state index contributed by atoms with van der Waals surface area (Å²) < 4.78 is 2.64. The highest BCUT2D eigenvalue weighted by atomic mass is 127. The highest BCUT2D eigenvalue weighted by molar-refractivity contribution is 14.1. The molecule has 2 aromatic heterocycles. The highest BCUT2D eigenvalue weighted by Crippen LogP contribution is 2.12. The summed E-state index contributed by atoms with van der Waals surface area (Å²) in [5.74, 6) is 0. The van der Waals surface area contributed by atoms with Crippen molar-refractivity contribution in [3.63, 3.8) is 0 Å². The third-order valence-electron chi connectivity index (χ3n) is 1.67. The van der Waals surface area contributed by atoms with Gasteiger partial charge in [0.05, 0.1) is 11.9 Å². The van der Waals surface area contributed by atoms with E-state index in [2.05, 4.69) is 37.7 Å². The average Bonchev–Trinajstić information content (AvgIpc) is 2.28. The normalized spacial score (nSPS) is 10.9. The van der Waals surface area contributed by atoms with Gasteiger partial charge in [-0.1, -0.05) is 0 Å². The number of nitrogens with zero attached hydrogens (tertiary/aromatic N) is 4. The van der Waals surface area contributed by atoms with Crippen molar-refractivity contribution < 1.29 is 0 Å². The fraction of sp³-hybridized carbons (Fsp3) is 0.286. The molecule has 2 aromatic rings. The maximum Gasteiger partial charge on any atom is 0.176 e. The molecule has 5 heteroatoms. The molecule has 0 bridgehead atoms. The van der Waals surface area contributed by atoms with Gasteiger partial charge in [-0.2, -0.15) is 5.10 Å². The summed E-state index contributed by atoms with van der Waals surface area (Å²) in [5, 5.41) is 4.22. The highest BCUT2D eigenvalue weighted by Gasteiger charge is 2.06. The quantitative estimate of drug-likeness (QED) is 0.680. The maximum atomic E-state index is 4.34. The number of hydrogen-bond donors (Lipinski definition) is 0. The Kier molecular flexibility index (Phi) is 1.75. The number of fused-ring (bicyclic) bond motifs is 1. The molecule has 0 spiro atoms. The van der Waals surface area contributed by atoms with Crippen LogP contribution in [0.1, 0.15) is 5.69 Å². The molecule has 0 fully saturated rings. The minimum absolute atomic E-state index is 0.841. The van der Waals surface area contributed by atoms with Gasteiger partial charge in [0, 0.05) is 7.05 Å². The minimum Gasteiger partial charge on any atom is -0.249 e. The van der Waals surface area contributed by atoms with Crippen LogP contribution >= 0.6 is 22.6 Å². The third kappa shape index (κ3) is 1.08. The second-order valence-corrected chi connectivity index (χ2v) is 3.68. The third-order valence-corrected chi connectivity index (χ3v) is 2.19. The second kappa shape index (κ2) is 2.65. The number of aryl methyl sites for hydroxylation is 2. The molecule has 0 aliphatic carbocycles. The second-order valence-electron chi connectivity index (χ2n) is 2.57. The van der Waals surface area contributed by atoms with E-state index in [4.69, 9.17) is 0 Å². The molecule has 12 heavy (non-hydrogen) atoms. The monoisotopic (exact) mass is 274 g/mol. The maximum absolute atomic E-state index is 4.34. The van der Waals surface area contributed by atoms with Crippen LogP contribution in [0.3, 0.4) is 0 Å². The van der Waals surface area contributed by atoms with E-state index in [1.165, 1.54) is 0 Å².